The van der Waals surface area contributed by atoms with Crippen LogP contribution in [0.25, 0.3) is 10.2 Å². The van der Waals surface area contributed by atoms with Crippen molar-refractivity contribution < 1.29 is 29.6 Å². The average molecular weight is 653 g/mol. The van der Waals surface area contributed by atoms with Gasteiger partial charge in [-0.3, -0.25) is 9.59 Å². The number of aliphatic carboxylic acids is 1. The lowest BCUT2D eigenvalue weighted by Gasteiger charge is -2.27. The topological polar surface area (TPSA) is 155 Å². The monoisotopic (exact) mass is 652 g/mol. The fraction of sp³-hybridized carbons (Fsp3) is 0.516. The van der Waals surface area contributed by atoms with Gasteiger partial charge in [-0.2, -0.15) is 0 Å². The van der Waals surface area contributed by atoms with Gasteiger partial charge in [0.15, 0.2) is 0 Å². The number of carboxylic acid groups (broad SMARTS) is 1. The number of nitrogens with zero attached hydrogens (tertiary/aromatic N) is 2. The number of rotatable bonds is 18. The van der Waals surface area contributed by atoms with E-state index in [1.54, 1.807) is 6.07 Å². The molecule has 11 nitrogen and oxygen atoms in total. The third kappa shape index (κ3) is 13.3. The van der Waals surface area contributed by atoms with Gasteiger partial charge in [0.2, 0.25) is 5.91 Å². The number of amides is 1. The Morgan fingerprint density at radius 3 is 2.45 bits per heavy atom. The van der Waals surface area contributed by atoms with Gasteiger partial charge in [0.1, 0.15) is 17.4 Å². The smallest absolute Gasteiger partial charge is 0.332 e. The molecule has 1 amide bonds. The average Bonchev–Trinajstić information content (AvgIpc) is 3.40. The van der Waals surface area contributed by atoms with Crippen molar-refractivity contribution in [1.29, 1.82) is 0 Å². The van der Waals surface area contributed by atoms with E-state index in [0.29, 0.717) is 56.4 Å². The fourth-order valence-corrected chi connectivity index (χ4v) is 5.41. The van der Waals surface area contributed by atoms with Gasteiger partial charge in [-0.25, -0.2) is 4.79 Å². The number of aromatic amines is 1. The maximum Gasteiger partial charge on any atom is 0.332 e. The molecule has 1 unspecified atom stereocenters. The van der Waals surface area contributed by atoms with Crippen molar-refractivity contribution >= 4 is 45.0 Å². The van der Waals surface area contributed by atoms with Gasteiger partial charge in [0.25, 0.3) is 0 Å². The van der Waals surface area contributed by atoms with Gasteiger partial charge in [0, 0.05) is 31.2 Å². The first-order chi connectivity index (χ1) is 21.0. The Labute approximate surface area is 267 Å². The Balaban J connectivity index is 0.00000102. The fourth-order valence-electron chi connectivity index (χ4n) is 4.30. The number of hydrogen-bond donors (Lipinski definition) is 5. The number of aliphatic hydroxyl groups is 1. The van der Waals surface area contributed by atoms with Crippen LogP contribution in [-0.4, -0.2) is 107 Å². The zero-order chi connectivity index (χ0) is 32.5. The predicted octanol–water partition coefficient (Wildman–Crippen LogP) is 3.35. The van der Waals surface area contributed by atoms with Gasteiger partial charge >= 0.3 is 10.8 Å². The van der Waals surface area contributed by atoms with Crippen molar-refractivity contribution in [2.75, 3.05) is 59.0 Å². The van der Waals surface area contributed by atoms with Crippen LogP contribution in [0.2, 0.25) is 5.02 Å². The SMILES string of the molecule is CC(O)C(=O)O.CCN(CC)CCN(CCNCCc1ccc(O)c2[nH]c(=O)sc12)C(=O)CCOCCc1cccc(Cl)c1. The molecule has 1 aromatic heterocycles. The van der Waals surface area contributed by atoms with Crippen molar-refractivity contribution in [3.8, 4) is 5.75 Å². The Hall–Kier alpha value is -3.00. The van der Waals surface area contributed by atoms with Crippen LogP contribution in [0, 0.1) is 0 Å². The second kappa shape index (κ2) is 20.1. The van der Waals surface area contributed by atoms with Crippen molar-refractivity contribution in [2.24, 2.45) is 0 Å². The maximum atomic E-state index is 13.0. The van der Waals surface area contributed by atoms with Gasteiger partial charge in [-0.05, 0) is 68.7 Å². The van der Waals surface area contributed by atoms with E-state index in [1.165, 1.54) is 6.92 Å². The second-order valence-electron chi connectivity index (χ2n) is 10.1. The number of phenols is 1. The van der Waals surface area contributed by atoms with E-state index >= 15 is 0 Å². The highest BCUT2D eigenvalue weighted by molar-refractivity contribution is 7.16. The lowest BCUT2D eigenvalue weighted by atomic mass is 10.1. The van der Waals surface area contributed by atoms with Crippen LogP contribution in [0.3, 0.4) is 0 Å². The van der Waals surface area contributed by atoms with E-state index in [2.05, 4.69) is 29.0 Å². The molecule has 5 N–H and O–H groups in total. The first-order valence-electron chi connectivity index (χ1n) is 14.8. The molecule has 44 heavy (non-hydrogen) atoms. The van der Waals surface area contributed by atoms with Crippen LogP contribution < -0.4 is 10.2 Å². The number of likely N-dealkylation sites (N-methyl/N-ethyl adjacent to an activating group) is 1. The normalized spacial score (nSPS) is 11.8. The number of hydrogen-bond acceptors (Lipinski definition) is 9. The number of ether oxygens (including phenoxy) is 1. The Morgan fingerprint density at radius 2 is 1.80 bits per heavy atom. The summed E-state index contributed by atoms with van der Waals surface area (Å²) in [7, 11) is 0. The molecule has 244 valence electrons. The highest BCUT2D eigenvalue weighted by Crippen LogP contribution is 2.27. The minimum atomic E-state index is -1.23. The number of phenolic OH excluding ortho intramolecular Hbond substituents is 1. The number of benzene rings is 2. The number of aliphatic hydroxyl groups excluding tert-OH is 1. The summed E-state index contributed by atoms with van der Waals surface area (Å²) in [5.41, 5.74) is 2.63. The van der Waals surface area contributed by atoms with Gasteiger partial charge in [-0.1, -0.05) is 55.0 Å². The van der Waals surface area contributed by atoms with E-state index in [4.69, 9.17) is 26.6 Å². The third-order valence-electron chi connectivity index (χ3n) is 6.94. The van der Waals surface area contributed by atoms with Gasteiger partial charge < -0.3 is 40.2 Å². The third-order valence-corrected chi connectivity index (χ3v) is 8.14. The lowest BCUT2D eigenvalue weighted by molar-refractivity contribution is -0.145. The number of carboxylic acids is 1. The number of fused-ring (bicyclic) bond motifs is 1. The molecule has 0 aliphatic rings. The Bertz CT molecular complexity index is 1360. The molecule has 1 heterocycles. The summed E-state index contributed by atoms with van der Waals surface area (Å²) in [6.45, 7) is 11.8. The van der Waals surface area contributed by atoms with Crippen LogP contribution in [0.4, 0.5) is 0 Å². The Kier molecular flexibility index (Phi) is 17.0. The molecule has 13 heteroatoms. The molecule has 0 saturated carbocycles. The standard InChI is InChI=1S/C28H39ClN4O4S.C3H6O3/c1-3-32(4-2)16-17-33(25(35)12-19-37-18-11-21-6-5-7-23(29)20-21)15-14-30-13-10-22-8-9-24(34)26-27(22)38-28(36)31-26;1-2(4)3(5)6/h5-9,20,30,34H,3-4,10-19H2,1-2H3,(H,31,36);2,4H,1H3,(H,5,6). The molecule has 1 atom stereocenters. The molecule has 3 rings (SSSR count). The number of halogens is 1. The quantitative estimate of drug-likeness (QED) is 0.130. The molecule has 0 fully saturated rings. The molecule has 2 aromatic carbocycles. The zero-order valence-electron chi connectivity index (χ0n) is 25.7. The summed E-state index contributed by atoms with van der Waals surface area (Å²) in [4.78, 5) is 40.9. The molecular weight excluding hydrogens is 608 g/mol. The number of thiazole rings is 1. The Morgan fingerprint density at radius 1 is 1.07 bits per heavy atom. The van der Waals surface area contributed by atoms with E-state index < -0.39 is 12.1 Å². The molecule has 0 spiro atoms. The van der Waals surface area contributed by atoms with Crippen LogP contribution in [0.1, 0.15) is 38.3 Å². The second-order valence-corrected chi connectivity index (χ2v) is 11.5. The summed E-state index contributed by atoms with van der Waals surface area (Å²) < 4.78 is 6.54. The maximum absolute atomic E-state index is 13.0. The van der Waals surface area contributed by atoms with Crippen LogP contribution in [0.5, 0.6) is 5.75 Å². The predicted molar refractivity (Wildman–Crippen MR) is 175 cm³/mol. The van der Waals surface area contributed by atoms with Crippen molar-refractivity contribution in [2.45, 2.75) is 46.1 Å². The van der Waals surface area contributed by atoms with E-state index in [1.807, 2.05) is 35.2 Å². The number of carbonyl (C=O) groups excluding carboxylic acids is 1. The summed E-state index contributed by atoms with van der Waals surface area (Å²) in [6, 6.07) is 11.2. The number of carbonyl (C=O) groups is 2. The van der Waals surface area contributed by atoms with Crippen molar-refractivity contribution in [3.05, 3.63) is 62.2 Å². The lowest BCUT2D eigenvalue weighted by Crippen LogP contribution is -2.42. The highest BCUT2D eigenvalue weighted by Gasteiger charge is 2.15. The molecule has 0 bridgehead atoms. The van der Waals surface area contributed by atoms with Crippen molar-refractivity contribution in [1.82, 2.24) is 20.1 Å². The van der Waals surface area contributed by atoms with E-state index in [0.717, 1.165) is 59.6 Å². The first kappa shape index (κ1) is 37.2. The summed E-state index contributed by atoms with van der Waals surface area (Å²) in [5.74, 6) is -1.00. The van der Waals surface area contributed by atoms with E-state index in [9.17, 15) is 19.5 Å². The minimum Gasteiger partial charge on any atom is -0.506 e. The number of aromatic hydroxyl groups is 1. The van der Waals surface area contributed by atoms with Gasteiger partial charge in [0.05, 0.1) is 24.3 Å². The van der Waals surface area contributed by atoms with Crippen LogP contribution in [-0.2, 0) is 27.2 Å². The summed E-state index contributed by atoms with van der Waals surface area (Å²) >= 11 is 7.15. The first-order valence-corrected chi connectivity index (χ1v) is 16.0. The summed E-state index contributed by atoms with van der Waals surface area (Å²) in [6.07, 6.45) is 0.603. The number of aromatic nitrogens is 1. The largest absolute Gasteiger partial charge is 0.506 e. The van der Waals surface area contributed by atoms with Crippen LogP contribution in [0.15, 0.2) is 41.2 Å². The van der Waals surface area contributed by atoms with Gasteiger partial charge in [-0.15, -0.1) is 0 Å². The molecule has 0 aliphatic heterocycles. The summed E-state index contributed by atoms with van der Waals surface area (Å²) in [5, 5.41) is 29.9. The molecular formula is C31H45ClN4O7S. The highest BCUT2D eigenvalue weighted by atomic mass is 35.5. The van der Waals surface area contributed by atoms with E-state index in [-0.39, 0.29) is 16.5 Å². The molecule has 0 saturated heterocycles. The van der Waals surface area contributed by atoms with Crippen LogP contribution >= 0.6 is 22.9 Å². The minimum absolute atomic E-state index is 0.0888. The zero-order valence-corrected chi connectivity index (χ0v) is 27.3. The van der Waals surface area contributed by atoms with Crippen molar-refractivity contribution in [3.63, 3.8) is 0 Å². The number of nitrogens with one attached hydrogen (secondary N) is 2. The number of H-pyrrole nitrogens is 1. The molecule has 3 aromatic rings. The molecule has 0 aliphatic carbocycles. The molecule has 0 radical (unpaired) electrons.